The molecule has 0 aliphatic heterocycles. The number of quaternary nitrogens is 2. The van der Waals surface area contributed by atoms with E-state index in [0.717, 1.165) is 22.1 Å². The molecule has 0 aromatic heterocycles. The van der Waals surface area contributed by atoms with Crippen LogP contribution in [-0.4, -0.2) is 87.8 Å². The van der Waals surface area contributed by atoms with Gasteiger partial charge in [0.15, 0.2) is 0 Å². The summed E-state index contributed by atoms with van der Waals surface area (Å²) < 4.78 is 1.69. The minimum absolute atomic E-state index is 0. The molecule has 0 radical (unpaired) electrons. The maximum Gasteiger partial charge on any atom is 0.101 e. The summed E-state index contributed by atoms with van der Waals surface area (Å²) in [4.78, 5) is 0. The molecular formula is C10H34MoN2O2S4. The summed E-state index contributed by atoms with van der Waals surface area (Å²) in [5.74, 6) is 0. The number of aliphatic hydroxyl groups excluding tert-OH is 2. The fourth-order valence-corrected chi connectivity index (χ4v) is 0.600. The third kappa shape index (κ3) is 65.0. The van der Waals surface area contributed by atoms with Crippen molar-refractivity contribution in [3.8, 4) is 0 Å². The third-order valence-corrected chi connectivity index (χ3v) is 1.54. The van der Waals surface area contributed by atoms with Crippen LogP contribution in [0.1, 0.15) is 0 Å². The van der Waals surface area contributed by atoms with Gasteiger partial charge in [0.25, 0.3) is 0 Å². The van der Waals surface area contributed by atoms with Crippen LogP contribution in [0.5, 0.6) is 0 Å². The first-order valence-corrected chi connectivity index (χ1v) is 4.95. The minimum Gasteiger partial charge on any atom is -0.813 e. The number of aliphatic hydroxyl groups is 2. The van der Waals surface area contributed by atoms with Gasteiger partial charge in [0.05, 0.1) is 55.5 Å². The zero-order valence-electron chi connectivity index (χ0n) is 12.9. The van der Waals surface area contributed by atoms with E-state index < -0.39 is 0 Å². The Kier molecular flexibility index (Phi) is 50.1. The van der Waals surface area contributed by atoms with Gasteiger partial charge in [-0.05, 0) is 0 Å². The van der Waals surface area contributed by atoms with Crippen LogP contribution in [0, 0.1) is 0 Å². The summed E-state index contributed by atoms with van der Waals surface area (Å²) in [6.45, 7) is 2.23. The van der Waals surface area contributed by atoms with E-state index >= 15 is 0 Å². The summed E-state index contributed by atoms with van der Waals surface area (Å²) >= 11 is 0. The normalized spacial score (nSPS) is 8.84. The quantitative estimate of drug-likeness (QED) is 0.257. The molecule has 0 aromatic rings. The van der Waals surface area contributed by atoms with E-state index in [0.29, 0.717) is 0 Å². The van der Waals surface area contributed by atoms with E-state index in [4.69, 9.17) is 10.2 Å². The fraction of sp³-hybridized carbons (Fsp3) is 1.00. The molecule has 0 atom stereocenters. The topological polar surface area (TPSA) is 40.5 Å². The van der Waals surface area contributed by atoms with E-state index in [2.05, 4.69) is 42.3 Å². The number of likely N-dealkylation sites (N-methyl/N-ethyl adjacent to an activating group) is 2. The van der Waals surface area contributed by atoms with Crippen molar-refractivity contribution in [2.45, 2.75) is 0 Å². The standard InChI is InChI=1S/2C5H14NO.Mo.4H2S/c2*1-6(2,3)4-5-7;;;;;/h2*7H,4-5H2,1-3H3;;4*1H2/q2*+1;;;;;/p-2. The van der Waals surface area contributed by atoms with E-state index in [1.807, 2.05) is 0 Å². The van der Waals surface area contributed by atoms with Gasteiger partial charge in [0.1, 0.15) is 13.1 Å². The first kappa shape index (κ1) is 42.8. The number of hydrogen-bond acceptors (Lipinski definition) is 4. The average molecular weight is 439 g/mol. The van der Waals surface area contributed by atoms with Crippen LogP contribution in [0.3, 0.4) is 0 Å². The van der Waals surface area contributed by atoms with Crippen molar-refractivity contribution >= 4 is 54.0 Å². The maximum absolute atomic E-state index is 8.39. The van der Waals surface area contributed by atoms with Gasteiger partial charge < -0.3 is 46.2 Å². The summed E-state index contributed by atoms with van der Waals surface area (Å²) in [6, 6.07) is 0. The Hall–Kier alpha value is 1.93. The number of nitrogens with zero attached hydrogens (tertiary/aromatic N) is 2. The Morgan fingerprint density at radius 2 is 0.789 bits per heavy atom. The molecule has 0 fully saturated rings. The van der Waals surface area contributed by atoms with Crippen molar-refractivity contribution in [2.75, 3.05) is 68.6 Å². The van der Waals surface area contributed by atoms with Crippen molar-refractivity contribution < 1.29 is 40.2 Å². The SMILES string of the molecule is C[N+](C)(C)CCO.C[N+](C)(C)CCO.S.S.[Mo].[SH-].[SH-]. The Bertz CT molecular complexity index is 128. The summed E-state index contributed by atoms with van der Waals surface area (Å²) in [6.07, 6.45) is 0. The van der Waals surface area contributed by atoms with E-state index in [9.17, 15) is 0 Å². The Balaban J connectivity index is -0.0000000240. The summed E-state index contributed by atoms with van der Waals surface area (Å²) in [5, 5.41) is 16.8. The second kappa shape index (κ2) is 22.2. The Labute approximate surface area is 162 Å². The molecule has 9 heteroatoms. The van der Waals surface area contributed by atoms with Crippen LogP contribution in [0.25, 0.3) is 0 Å². The first-order chi connectivity index (χ1) is 6.12. The molecule has 0 aliphatic rings. The van der Waals surface area contributed by atoms with Crippen LogP contribution in [0.15, 0.2) is 0 Å². The largest absolute Gasteiger partial charge is 0.813 e. The van der Waals surface area contributed by atoms with Gasteiger partial charge >= 0.3 is 0 Å². The molecule has 0 aliphatic carbocycles. The molecule has 0 heterocycles. The van der Waals surface area contributed by atoms with Gasteiger partial charge in [-0.15, -0.1) is 0 Å². The van der Waals surface area contributed by atoms with E-state index in [1.165, 1.54) is 0 Å². The van der Waals surface area contributed by atoms with Crippen LogP contribution < -0.4 is 0 Å². The molecule has 0 unspecified atom stereocenters. The molecule has 0 amide bonds. The van der Waals surface area contributed by atoms with E-state index in [1.54, 1.807) is 0 Å². The van der Waals surface area contributed by atoms with Crippen LogP contribution in [0.4, 0.5) is 0 Å². The van der Waals surface area contributed by atoms with E-state index in [-0.39, 0.29) is 88.3 Å². The van der Waals surface area contributed by atoms with Crippen LogP contribution in [-0.2, 0) is 48.1 Å². The minimum atomic E-state index is 0. The first-order valence-electron chi connectivity index (χ1n) is 4.95. The van der Waals surface area contributed by atoms with Crippen molar-refractivity contribution in [3.05, 3.63) is 0 Å². The van der Waals surface area contributed by atoms with Gasteiger partial charge in [-0.3, -0.25) is 0 Å². The second-order valence-electron chi connectivity index (χ2n) is 5.48. The Morgan fingerprint density at radius 3 is 0.789 bits per heavy atom. The van der Waals surface area contributed by atoms with Crippen molar-refractivity contribution in [3.63, 3.8) is 0 Å². The van der Waals surface area contributed by atoms with Crippen molar-refractivity contribution in [1.82, 2.24) is 0 Å². The molecule has 0 saturated heterocycles. The molecule has 0 spiro atoms. The number of thiol groups is 2. The smallest absolute Gasteiger partial charge is 0.101 e. The fourth-order valence-electron chi connectivity index (χ4n) is 0.600. The zero-order chi connectivity index (χ0) is 11.8. The number of rotatable bonds is 4. The molecule has 2 N–H and O–H groups in total. The summed E-state index contributed by atoms with van der Waals surface area (Å²) in [7, 11) is 12.3. The monoisotopic (exact) mass is 440 g/mol. The van der Waals surface area contributed by atoms with Gasteiger partial charge in [-0.2, -0.15) is 27.0 Å². The van der Waals surface area contributed by atoms with Gasteiger partial charge in [0, 0.05) is 21.1 Å². The molecule has 0 saturated carbocycles. The molecule has 0 bridgehead atoms. The van der Waals surface area contributed by atoms with Crippen molar-refractivity contribution in [2.24, 2.45) is 0 Å². The maximum atomic E-state index is 8.39. The van der Waals surface area contributed by atoms with Gasteiger partial charge in [0.2, 0.25) is 0 Å². The predicted octanol–water partition coefficient (Wildman–Crippen LogP) is -0.947. The molecule has 0 aromatic carbocycles. The van der Waals surface area contributed by atoms with Gasteiger partial charge in [-0.25, -0.2) is 0 Å². The molecule has 0 rings (SSSR count). The van der Waals surface area contributed by atoms with Crippen molar-refractivity contribution in [1.29, 1.82) is 0 Å². The molecular weight excluding hydrogens is 404 g/mol. The second-order valence-corrected chi connectivity index (χ2v) is 5.48. The predicted molar refractivity (Wildman–Crippen MR) is 98.3 cm³/mol. The third-order valence-electron chi connectivity index (χ3n) is 1.54. The molecule has 4 nitrogen and oxygen atoms in total. The Morgan fingerprint density at radius 1 is 0.632 bits per heavy atom. The van der Waals surface area contributed by atoms with Crippen LogP contribution in [0.2, 0.25) is 0 Å². The zero-order valence-corrected chi connectivity index (χ0v) is 18.7. The molecule has 126 valence electrons. The number of hydrogen-bond donors (Lipinski definition) is 2. The van der Waals surface area contributed by atoms with Crippen LogP contribution >= 0.6 is 27.0 Å². The van der Waals surface area contributed by atoms with Gasteiger partial charge in [-0.1, -0.05) is 0 Å². The summed E-state index contributed by atoms with van der Waals surface area (Å²) in [5.41, 5.74) is 0. The molecule has 19 heavy (non-hydrogen) atoms. The average Bonchev–Trinajstić information content (AvgIpc) is 1.81.